The number of hydrogen-bond acceptors (Lipinski definition) is 8. The molecule has 0 bridgehead atoms. The van der Waals surface area contributed by atoms with Gasteiger partial charge >= 0.3 is 0 Å². The molecule has 1 aliphatic rings. The minimum Gasteiger partial charge on any atom is -0.497 e. The smallest absolute Gasteiger partial charge is 0.229 e. The van der Waals surface area contributed by atoms with Crippen molar-refractivity contribution in [3.05, 3.63) is 54.9 Å². The minimum absolute atomic E-state index is 0.000339. The molecule has 1 atom stereocenters. The summed E-state index contributed by atoms with van der Waals surface area (Å²) in [6.07, 6.45) is 3.33. The quantitative estimate of drug-likeness (QED) is 0.495. The van der Waals surface area contributed by atoms with Gasteiger partial charge in [-0.25, -0.2) is 9.97 Å². The summed E-state index contributed by atoms with van der Waals surface area (Å²) in [4.78, 5) is 24.1. The van der Waals surface area contributed by atoms with Crippen LogP contribution in [0.3, 0.4) is 0 Å². The molecular weight excluding hydrogens is 424 g/mol. The molecule has 0 radical (unpaired) electrons. The standard InChI is InChI=1S/C23H22N6O2S/c1-31-17-9-7-15(8-10-17)20-12-21(25-14-24-20)29-11-3-4-16(13-29)23(30)26-18-5-2-6-19-22(18)28-32-27-19/h2,5-10,12,14,16H,3-4,11,13H2,1H3,(H,26,30). The number of hydrogen-bond donors (Lipinski definition) is 1. The molecule has 1 saturated heterocycles. The summed E-state index contributed by atoms with van der Waals surface area (Å²) in [5.41, 5.74) is 4.07. The minimum atomic E-state index is -0.134. The molecule has 0 spiro atoms. The normalized spacial score (nSPS) is 16.2. The monoisotopic (exact) mass is 446 g/mol. The number of nitrogens with zero attached hydrogens (tertiary/aromatic N) is 5. The lowest BCUT2D eigenvalue weighted by Gasteiger charge is -2.33. The fraction of sp³-hybridized carbons (Fsp3) is 0.261. The number of amides is 1. The molecule has 1 fully saturated rings. The zero-order chi connectivity index (χ0) is 21.9. The van der Waals surface area contributed by atoms with Crippen LogP contribution in [0.5, 0.6) is 5.75 Å². The third-order valence-electron chi connectivity index (χ3n) is 5.70. The van der Waals surface area contributed by atoms with Crippen molar-refractivity contribution in [2.45, 2.75) is 12.8 Å². The van der Waals surface area contributed by atoms with E-state index in [1.165, 1.54) is 0 Å². The largest absolute Gasteiger partial charge is 0.497 e. The van der Waals surface area contributed by atoms with Crippen LogP contribution in [0, 0.1) is 5.92 Å². The second-order valence-corrected chi connectivity index (χ2v) is 8.23. The summed E-state index contributed by atoms with van der Waals surface area (Å²) in [5.74, 6) is 1.50. The van der Waals surface area contributed by atoms with Gasteiger partial charge in [-0.3, -0.25) is 4.79 Å². The molecular formula is C23H22N6O2S. The second kappa shape index (κ2) is 8.88. The molecule has 1 unspecified atom stereocenters. The molecule has 8 nitrogen and oxygen atoms in total. The molecule has 0 saturated carbocycles. The van der Waals surface area contributed by atoms with Gasteiger partial charge in [-0.05, 0) is 49.2 Å². The Bertz CT molecular complexity index is 1240. The van der Waals surface area contributed by atoms with Gasteiger partial charge in [-0.1, -0.05) is 6.07 Å². The fourth-order valence-corrected chi connectivity index (χ4v) is 4.53. The van der Waals surface area contributed by atoms with Gasteiger partial charge in [0.1, 0.15) is 28.9 Å². The van der Waals surface area contributed by atoms with Crippen molar-refractivity contribution in [2.24, 2.45) is 5.92 Å². The molecule has 5 rings (SSSR count). The van der Waals surface area contributed by atoms with Crippen LogP contribution in [-0.2, 0) is 4.79 Å². The second-order valence-electron chi connectivity index (χ2n) is 7.70. The van der Waals surface area contributed by atoms with Crippen molar-refractivity contribution in [1.29, 1.82) is 0 Å². The van der Waals surface area contributed by atoms with Crippen molar-refractivity contribution in [3.63, 3.8) is 0 Å². The molecule has 4 aromatic rings. The molecule has 32 heavy (non-hydrogen) atoms. The number of benzene rings is 2. The summed E-state index contributed by atoms with van der Waals surface area (Å²) >= 11 is 1.15. The number of carbonyl (C=O) groups excluding carboxylic acids is 1. The zero-order valence-electron chi connectivity index (χ0n) is 17.6. The molecule has 2 aromatic carbocycles. The predicted molar refractivity (Wildman–Crippen MR) is 125 cm³/mol. The number of ether oxygens (including phenoxy) is 1. The Morgan fingerprint density at radius 3 is 2.88 bits per heavy atom. The Morgan fingerprint density at radius 1 is 1.16 bits per heavy atom. The number of rotatable bonds is 5. The summed E-state index contributed by atoms with van der Waals surface area (Å²) < 4.78 is 13.8. The van der Waals surface area contributed by atoms with Crippen LogP contribution in [0.4, 0.5) is 11.5 Å². The number of carbonyl (C=O) groups is 1. The molecule has 1 amide bonds. The number of piperidine rings is 1. The highest BCUT2D eigenvalue weighted by Gasteiger charge is 2.27. The fourth-order valence-electron chi connectivity index (χ4n) is 3.98. The van der Waals surface area contributed by atoms with E-state index in [0.717, 1.165) is 65.0 Å². The first kappa shape index (κ1) is 20.3. The molecule has 1 aliphatic heterocycles. The van der Waals surface area contributed by atoms with Crippen molar-refractivity contribution in [2.75, 3.05) is 30.4 Å². The van der Waals surface area contributed by atoms with E-state index in [1.807, 2.05) is 48.5 Å². The lowest BCUT2D eigenvalue weighted by atomic mass is 9.97. The predicted octanol–water partition coefficient (Wildman–Crippen LogP) is 4.01. The van der Waals surface area contributed by atoms with Crippen LogP contribution in [-0.4, -0.2) is 44.8 Å². The number of fused-ring (bicyclic) bond motifs is 1. The summed E-state index contributed by atoms with van der Waals surface area (Å²) in [7, 11) is 1.65. The van der Waals surface area contributed by atoms with E-state index in [0.29, 0.717) is 12.2 Å². The van der Waals surface area contributed by atoms with Crippen LogP contribution in [0.1, 0.15) is 12.8 Å². The van der Waals surface area contributed by atoms with Gasteiger partial charge in [-0.2, -0.15) is 8.75 Å². The zero-order valence-corrected chi connectivity index (χ0v) is 18.4. The molecule has 3 heterocycles. The topological polar surface area (TPSA) is 93.1 Å². The molecule has 2 aromatic heterocycles. The third kappa shape index (κ3) is 4.11. The van der Waals surface area contributed by atoms with Crippen LogP contribution in [0.25, 0.3) is 22.3 Å². The maximum absolute atomic E-state index is 13.0. The van der Waals surface area contributed by atoms with Gasteiger partial charge in [-0.15, -0.1) is 0 Å². The van der Waals surface area contributed by atoms with E-state index < -0.39 is 0 Å². The van der Waals surface area contributed by atoms with E-state index >= 15 is 0 Å². The highest BCUT2D eigenvalue weighted by atomic mass is 32.1. The van der Waals surface area contributed by atoms with Gasteiger partial charge in [0.25, 0.3) is 0 Å². The van der Waals surface area contributed by atoms with Crippen molar-refractivity contribution >= 4 is 40.2 Å². The Balaban J connectivity index is 1.31. The highest BCUT2D eigenvalue weighted by Crippen LogP contribution is 2.28. The molecule has 162 valence electrons. The first-order valence-electron chi connectivity index (χ1n) is 10.4. The maximum Gasteiger partial charge on any atom is 0.229 e. The van der Waals surface area contributed by atoms with Gasteiger partial charge < -0.3 is 15.0 Å². The van der Waals surface area contributed by atoms with Gasteiger partial charge in [0.05, 0.1) is 36.1 Å². The van der Waals surface area contributed by atoms with Crippen molar-refractivity contribution in [3.8, 4) is 17.0 Å². The number of anilines is 2. The molecule has 0 aliphatic carbocycles. The number of methoxy groups -OCH3 is 1. The highest BCUT2D eigenvalue weighted by molar-refractivity contribution is 7.00. The maximum atomic E-state index is 13.0. The van der Waals surface area contributed by atoms with Crippen LogP contribution >= 0.6 is 11.7 Å². The average Bonchev–Trinajstić information content (AvgIpc) is 3.34. The van der Waals surface area contributed by atoms with E-state index in [9.17, 15) is 4.79 Å². The van der Waals surface area contributed by atoms with Crippen molar-refractivity contribution in [1.82, 2.24) is 18.7 Å². The average molecular weight is 447 g/mol. The van der Waals surface area contributed by atoms with E-state index in [1.54, 1.807) is 13.4 Å². The van der Waals surface area contributed by atoms with Crippen LogP contribution < -0.4 is 15.0 Å². The van der Waals surface area contributed by atoms with Gasteiger partial charge in [0.2, 0.25) is 5.91 Å². The first-order valence-corrected chi connectivity index (χ1v) is 11.2. The van der Waals surface area contributed by atoms with E-state index in [2.05, 4.69) is 28.9 Å². The van der Waals surface area contributed by atoms with Gasteiger partial charge in [0.15, 0.2) is 0 Å². The lowest BCUT2D eigenvalue weighted by molar-refractivity contribution is -0.120. The Kier molecular flexibility index (Phi) is 5.64. The number of nitrogens with one attached hydrogen (secondary N) is 1. The lowest BCUT2D eigenvalue weighted by Crippen LogP contribution is -2.41. The molecule has 1 N–H and O–H groups in total. The SMILES string of the molecule is COc1ccc(-c2cc(N3CCCC(C(=O)Nc4cccc5nsnc45)C3)ncn2)cc1. The number of aromatic nitrogens is 4. The first-order chi connectivity index (χ1) is 15.7. The summed E-state index contributed by atoms with van der Waals surface area (Å²) in [6, 6.07) is 15.4. The Labute approximate surface area is 189 Å². The van der Waals surface area contributed by atoms with E-state index in [-0.39, 0.29) is 11.8 Å². The van der Waals surface area contributed by atoms with Gasteiger partial charge in [0, 0.05) is 24.7 Å². The Morgan fingerprint density at radius 2 is 2.03 bits per heavy atom. The summed E-state index contributed by atoms with van der Waals surface area (Å²) in [5, 5.41) is 3.05. The third-order valence-corrected chi connectivity index (χ3v) is 6.24. The molecule has 9 heteroatoms. The van der Waals surface area contributed by atoms with Crippen LogP contribution in [0.15, 0.2) is 54.9 Å². The van der Waals surface area contributed by atoms with Crippen LogP contribution in [0.2, 0.25) is 0 Å². The Hall–Kier alpha value is -3.59. The summed E-state index contributed by atoms with van der Waals surface area (Å²) in [6.45, 7) is 1.46. The van der Waals surface area contributed by atoms with E-state index in [4.69, 9.17) is 4.74 Å². The van der Waals surface area contributed by atoms with Crippen molar-refractivity contribution < 1.29 is 9.53 Å².